The molecule has 25 heavy (non-hydrogen) atoms. The summed E-state index contributed by atoms with van der Waals surface area (Å²) in [6.45, 7) is 2.08. The van der Waals surface area contributed by atoms with Gasteiger partial charge in [0.05, 0.1) is 5.56 Å². The van der Waals surface area contributed by atoms with Crippen LogP contribution in [0.3, 0.4) is 0 Å². The number of alkyl halides is 3. The van der Waals surface area contributed by atoms with Gasteiger partial charge in [0, 0.05) is 11.6 Å². The summed E-state index contributed by atoms with van der Waals surface area (Å²) in [5, 5.41) is 3.09. The number of rotatable bonds is 3. The summed E-state index contributed by atoms with van der Waals surface area (Å²) in [6.07, 6.45) is 3.23. The topological polar surface area (TPSA) is 29.1 Å². The fourth-order valence-corrected chi connectivity index (χ4v) is 5.95. The maximum atomic E-state index is 12.7. The van der Waals surface area contributed by atoms with Gasteiger partial charge in [-0.2, -0.15) is 13.2 Å². The zero-order valence-electron chi connectivity index (χ0n) is 14.4. The van der Waals surface area contributed by atoms with Crippen molar-refractivity contribution in [2.45, 2.75) is 57.7 Å². The maximum absolute atomic E-state index is 12.7. The lowest BCUT2D eigenvalue weighted by Gasteiger charge is -2.59. The predicted molar refractivity (Wildman–Crippen MR) is 89.0 cm³/mol. The quantitative estimate of drug-likeness (QED) is 0.812. The lowest BCUT2D eigenvalue weighted by Crippen LogP contribution is -2.55. The van der Waals surface area contributed by atoms with Crippen molar-refractivity contribution in [3.05, 3.63) is 35.4 Å². The van der Waals surface area contributed by atoms with Gasteiger partial charge in [0.1, 0.15) is 0 Å². The molecular formula is C20H24F3NO. The second-order valence-corrected chi connectivity index (χ2v) is 8.55. The molecule has 0 saturated heterocycles. The highest BCUT2D eigenvalue weighted by molar-refractivity contribution is 5.94. The fraction of sp³-hybridized carbons (Fsp3) is 0.650. The van der Waals surface area contributed by atoms with E-state index in [0.29, 0.717) is 5.56 Å². The van der Waals surface area contributed by atoms with Crippen LogP contribution >= 0.6 is 0 Å². The number of hydrogen-bond acceptors (Lipinski definition) is 1. The lowest BCUT2D eigenvalue weighted by atomic mass is 9.48. The van der Waals surface area contributed by atoms with Crippen LogP contribution in [0.1, 0.15) is 61.4 Å². The number of carbonyl (C=O) groups is 1. The Kier molecular flexibility index (Phi) is 3.89. The van der Waals surface area contributed by atoms with Crippen molar-refractivity contribution >= 4 is 5.91 Å². The van der Waals surface area contributed by atoms with Gasteiger partial charge >= 0.3 is 6.18 Å². The van der Waals surface area contributed by atoms with Crippen LogP contribution < -0.4 is 5.32 Å². The van der Waals surface area contributed by atoms with E-state index in [4.69, 9.17) is 0 Å². The molecule has 136 valence electrons. The third-order valence-corrected chi connectivity index (χ3v) is 6.83. The SMILES string of the molecule is CC(NC(=O)c1ccc(C(F)(F)F)cc1)C12CC3CC(CC(C3)C1)C2. The van der Waals surface area contributed by atoms with Crippen LogP contribution in [-0.2, 0) is 6.18 Å². The molecule has 1 atom stereocenters. The Morgan fingerprint density at radius 1 is 1.04 bits per heavy atom. The standard InChI is InChI=1S/C20H24F3NO/c1-12(19-9-13-6-14(10-19)8-15(7-13)11-19)24-18(25)16-2-4-17(5-3-16)20(21,22)23/h2-5,12-15H,6-11H2,1H3,(H,24,25). The van der Waals surface area contributed by atoms with E-state index in [2.05, 4.69) is 12.2 Å². The monoisotopic (exact) mass is 351 g/mol. The van der Waals surface area contributed by atoms with E-state index in [1.165, 1.54) is 50.7 Å². The summed E-state index contributed by atoms with van der Waals surface area (Å²) in [6, 6.07) is 4.56. The molecule has 0 radical (unpaired) electrons. The molecule has 1 aromatic rings. The number of halogens is 3. The molecule has 1 aromatic carbocycles. The molecule has 4 saturated carbocycles. The molecular weight excluding hydrogens is 327 g/mol. The number of hydrogen-bond donors (Lipinski definition) is 1. The Morgan fingerprint density at radius 2 is 1.52 bits per heavy atom. The van der Waals surface area contributed by atoms with Gasteiger partial charge in [-0.3, -0.25) is 4.79 Å². The van der Waals surface area contributed by atoms with E-state index in [1.807, 2.05) is 0 Å². The van der Waals surface area contributed by atoms with Gasteiger partial charge in [-0.15, -0.1) is 0 Å². The molecule has 5 rings (SSSR count). The predicted octanol–water partition coefficient (Wildman–Crippen LogP) is 5.04. The first-order valence-corrected chi connectivity index (χ1v) is 9.23. The molecule has 0 aromatic heterocycles. The number of benzene rings is 1. The molecule has 0 heterocycles. The van der Waals surface area contributed by atoms with E-state index in [9.17, 15) is 18.0 Å². The van der Waals surface area contributed by atoms with Crippen LogP contribution in [0.15, 0.2) is 24.3 Å². The van der Waals surface area contributed by atoms with E-state index in [0.717, 1.165) is 29.9 Å². The third-order valence-electron chi connectivity index (χ3n) is 6.83. The third kappa shape index (κ3) is 3.06. The summed E-state index contributed by atoms with van der Waals surface area (Å²) in [4.78, 5) is 12.5. The largest absolute Gasteiger partial charge is 0.416 e. The Bertz CT molecular complexity index is 629. The van der Waals surface area contributed by atoms with Gasteiger partial charge in [-0.1, -0.05) is 0 Å². The second kappa shape index (κ2) is 5.75. The van der Waals surface area contributed by atoms with Crippen LogP contribution in [0.5, 0.6) is 0 Å². The molecule has 4 aliphatic carbocycles. The zero-order valence-corrected chi connectivity index (χ0v) is 14.4. The van der Waals surface area contributed by atoms with Gasteiger partial charge in [0.15, 0.2) is 0 Å². The van der Waals surface area contributed by atoms with Gasteiger partial charge < -0.3 is 5.32 Å². The number of amides is 1. The van der Waals surface area contributed by atoms with Crippen LogP contribution in [0, 0.1) is 23.2 Å². The molecule has 1 unspecified atom stereocenters. The summed E-state index contributed by atoms with van der Waals surface area (Å²) >= 11 is 0. The van der Waals surface area contributed by atoms with Crippen molar-refractivity contribution in [3.63, 3.8) is 0 Å². The highest BCUT2D eigenvalue weighted by Gasteiger charge is 2.53. The van der Waals surface area contributed by atoms with E-state index in [1.54, 1.807) is 0 Å². The Balaban J connectivity index is 1.46. The van der Waals surface area contributed by atoms with Gasteiger partial charge in [-0.05, 0) is 92.9 Å². The molecule has 1 N–H and O–H groups in total. The molecule has 0 aliphatic heterocycles. The van der Waals surface area contributed by atoms with Crippen molar-refractivity contribution < 1.29 is 18.0 Å². The first-order chi connectivity index (χ1) is 11.7. The van der Waals surface area contributed by atoms with Gasteiger partial charge in [-0.25, -0.2) is 0 Å². The van der Waals surface area contributed by atoms with Crippen molar-refractivity contribution in [1.82, 2.24) is 5.32 Å². The first kappa shape index (κ1) is 16.9. The van der Waals surface area contributed by atoms with Crippen molar-refractivity contribution in [3.8, 4) is 0 Å². The summed E-state index contributed by atoms with van der Waals surface area (Å²) in [7, 11) is 0. The Hall–Kier alpha value is -1.52. The smallest absolute Gasteiger partial charge is 0.349 e. The van der Waals surface area contributed by atoms with E-state index in [-0.39, 0.29) is 17.4 Å². The highest BCUT2D eigenvalue weighted by atomic mass is 19.4. The minimum absolute atomic E-state index is 0.0655. The Morgan fingerprint density at radius 3 is 1.96 bits per heavy atom. The van der Waals surface area contributed by atoms with E-state index >= 15 is 0 Å². The molecule has 5 heteroatoms. The lowest BCUT2D eigenvalue weighted by molar-refractivity contribution is -0.137. The molecule has 4 bridgehead atoms. The zero-order chi connectivity index (χ0) is 17.8. The molecule has 0 spiro atoms. The molecule has 1 amide bonds. The summed E-state index contributed by atoms with van der Waals surface area (Å²) in [5.74, 6) is 2.14. The average molecular weight is 351 g/mol. The van der Waals surface area contributed by atoms with Gasteiger partial charge in [0.2, 0.25) is 0 Å². The number of nitrogens with one attached hydrogen (secondary N) is 1. The van der Waals surface area contributed by atoms with Crippen LogP contribution in [0.25, 0.3) is 0 Å². The van der Waals surface area contributed by atoms with Gasteiger partial charge in [0.25, 0.3) is 5.91 Å². The summed E-state index contributed by atoms with van der Waals surface area (Å²) < 4.78 is 38.0. The molecule has 4 aliphatic rings. The van der Waals surface area contributed by atoms with Crippen LogP contribution in [0.4, 0.5) is 13.2 Å². The molecule has 2 nitrogen and oxygen atoms in total. The maximum Gasteiger partial charge on any atom is 0.416 e. The second-order valence-electron chi connectivity index (χ2n) is 8.55. The first-order valence-electron chi connectivity index (χ1n) is 9.23. The van der Waals surface area contributed by atoms with E-state index < -0.39 is 11.7 Å². The normalized spacial score (nSPS) is 34.8. The van der Waals surface area contributed by atoms with Crippen LogP contribution in [0.2, 0.25) is 0 Å². The van der Waals surface area contributed by atoms with Crippen molar-refractivity contribution in [2.75, 3.05) is 0 Å². The molecule has 4 fully saturated rings. The van der Waals surface area contributed by atoms with Crippen molar-refractivity contribution in [1.29, 1.82) is 0 Å². The fourth-order valence-electron chi connectivity index (χ4n) is 5.95. The minimum atomic E-state index is -4.37. The number of carbonyl (C=O) groups excluding carboxylic acids is 1. The van der Waals surface area contributed by atoms with Crippen LogP contribution in [-0.4, -0.2) is 11.9 Å². The average Bonchev–Trinajstić information content (AvgIpc) is 2.52. The minimum Gasteiger partial charge on any atom is -0.349 e. The summed E-state index contributed by atoms with van der Waals surface area (Å²) in [5.41, 5.74) is -0.237. The van der Waals surface area contributed by atoms with Crippen molar-refractivity contribution in [2.24, 2.45) is 23.2 Å². The highest BCUT2D eigenvalue weighted by Crippen LogP contribution is 2.61. The Labute approximate surface area is 146 Å².